The maximum absolute atomic E-state index is 12.0. The number of ether oxygens (including phenoxy) is 1. The van der Waals surface area contributed by atoms with E-state index in [1.807, 2.05) is 26.0 Å². The van der Waals surface area contributed by atoms with E-state index in [1.54, 1.807) is 6.07 Å². The van der Waals surface area contributed by atoms with Crippen LogP contribution in [0.25, 0.3) is 11.1 Å². The zero-order valence-electron chi connectivity index (χ0n) is 15.6. The van der Waals surface area contributed by atoms with Gasteiger partial charge in [0.05, 0.1) is 16.5 Å². The average Bonchev–Trinajstić information content (AvgIpc) is 2.97. The van der Waals surface area contributed by atoms with E-state index >= 15 is 0 Å². The molecule has 1 aromatic heterocycles. The summed E-state index contributed by atoms with van der Waals surface area (Å²) in [5.41, 5.74) is 2.46. The van der Waals surface area contributed by atoms with Crippen LogP contribution in [0.4, 0.5) is 11.4 Å². The first-order chi connectivity index (χ1) is 13.7. The lowest BCUT2D eigenvalue weighted by molar-refractivity contribution is -0.384. The van der Waals surface area contributed by atoms with E-state index in [1.165, 1.54) is 12.1 Å². The van der Waals surface area contributed by atoms with Crippen molar-refractivity contribution < 1.29 is 23.7 Å². The predicted octanol–water partition coefficient (Wildman–Crippen LogP) is 2.30. The van der Waals surface area contributed by atoms with Crippen molar-refractivity contribution in [3.05, 3.63) is 68.2 Å². The third-order valence-corrected chi connectivity index (χ3v) is 4.17. The van der Waals surface area contributed by atoms with E-state index in [-0.39, 0.29) is 16.8 Å². The first-order valence-corrected chi connectivity index (χ1v) is 8.55. The average molecular weight is 399 g/mol. The zero-order chi connectivity index (χ0) is 21.1. The monoisotopic (exact) mass is 399 g/mol. The van der Waals surface area contributed by atoms with Crippen LogP contribution < -0.4 is 11.1 Å². The number of hydrogen-bond donors (Lipinski definition) is 1. The molecule has 0 aliphatic carbocycles. The highest BCUT2D eigenvalue weighted by Crippen LogP contribution is 2.20. The van der Waals surface area contributed by atoms with Crippen LogP contribution >= 0.6 is 0 Å². The number of nitro benzene ring substituents is 1. The molecule has 0 radical (unpaired) electrons. The molecular weight excluding hydrogens is 382 g/mol. The fraction of sp³-hybridized carbons (Fsp3) is 0.211. The summed E-state index contributed by atoms with van der Waals surface area (Å²) in [5, 5.41) is 13.4. The number of aromatic nitrogens is 1. The summed E-state index contributed by atoms with van der Waals surface area (Å²) < 4.78 is 10.8. The molecule has 0 fully saturated rings. The molecule has 29 heavy (non-hydrogen) atoms. The van der Waals surface area contributed by atoms with Crippen LogP contribution in [0.5, 0.6) is 0 Å². The molecule has 0 aliphatic heterocycles. The Kier molecular flexibility index (Phi) is 5.44. The van der Waals surface area contributed by atoms with Gasteiger partial charge in [0.25, 0.3) is 11.6 Å². The fourth-order valence-electron chi connectivity index (χ4n) is 2.78. The first kappa shape index (κ1) is 19.8. The lowest BCUT2D eigenvalue weighted by atomic mass is 10.1. The third-order valence-electron chi connectivity index (χ3n) is 4.17. The number of aryl methyl sites for hydroxylation is 2. The van der Waals surface area contributed by atoms with Gasteiger partial charge in [-0.3, -0.25) is 24.3 Å². The number of hydrogen-bond acceptors (Lipinski definition) is 7. The summed E-state index contributed by atoms with van der Waals surface area (Å²) in [4.78, 5) is 46.1. The SMILES string of the molecule is Cc1ccc(NC(=O)COC(=O)Cn2c(=O)oc3cc([N+](=O)[O-])ccc32)c(C)c1. The van der Waals surface area contributed by atoms with Crippen LogP contribution in [0.3, 0.4) is 0 Å². The van der Waals surface area contributed by atoms with Crippen LogP contribution in [0.15, 0.2) is 45.6 Å². The van der Waals surface area contributed by atoms with Crippen molar-refractivity contribution in [3.63, 3.8) is 0 Å². The van der Waals surface area contributed by atoms with Crippen molar-refractivity contribution >= 4 is 34.4 Å². The van der Waals surface area contributed by atoms with Crippen LogP contribution in [0.2, 0.25) is 0 Å². The Labute approximate surface area is 163 Å². The highest BCUT2D eigenvalue weighted by atomic mass is 16.6. The number of nitrogens with zero attached hydrogens (tertiary/aromatic N) is 2. The van der Waals surface area contributed by atoms with Crippen molar-refractivity contribution in [1.29, 1.82) is 0 Å². The number of carbonyl (C=O) groups excluding carboxylic acids is 2. The maximum atomic E-state index is 12.0. The Balaban J connectivity index is 1.63. The molecule has 0 saturated carbocycles. The Hall–Kier alpha value is -3.95. The highest BCUT2D eigenvalue weighted by Gasteiger charge is 2.17. The molecule has 150 valence electrons. The van der Waals surface area contributed by atoms with E-state index < -0.39 is 35.7 Å². The van der Waals surface area contributed by atoms with Crippen molar-refractivity contribution in [2.24, 2.45) is 0 Å². The van der Waals surface area contributed by atoms with Crippen LogP contribution in [-0.4, -0.2) is 28.0 Å². The van der Waals surface area contributed by atoms with E-state index in [2.05, 4.69) is 5.32 Å². The summed E-state index contributed by atoms with van der Waals surface area (Å²) in [6.45, 7) is 2.75. The molecular formula is C19H17N3O7. The van der Waals surface area contributed by atoms with Gasteiger partial charge in [-0.15, -0.1) is 0 Å². The molecule has 0 unspecified atom stereocenters. The zero-order valence-corrected chi connectivity index (χ0v) is 15.6. The Bertz CT molecular complexity index is 1180. The molecule has 1 amide bonds. The Morgan fingerprint density at radius 3 is 2.66 bits per heavy atom. The minimum atomic E-state index is -0.864. The number of carbonyl (C=O) groups is 2. The second-order valence-electron chi connectivity index (χ2n) is 6.39. The minimum absolute atomic E-state index is 0.0235. The van der Waals surface area contributed by atoms with Gasteiger partial charge in [-0.05, 0) is 31.5 Å². The molecule has 0 bridgehead atoms. The van der Waals surface area contributed by atoms with Gasteiger partial charge in [-0.1, -0.05) is 17.7 Å². The highest BCUT2D eigenvalue weighted by molar-refractivity contribution is 5.93. The number of non-ortho nitro benzene ring substituents is 1. The topological polar surface area (TPSA) is 134 Å². The molecule has 10 heteroatoms. The number of oxazole rings is 1. The number of nitrogens with one attached hydrogen (secondary N) is 1. The molecule has 0 spiro atoms. The molecule has 0 saturated heterocycles. The predicted molar refractivity (Wildman–Crippen MR) is 103 cm³/mol. The summed E-state index contributed by atoms with van der Waals surface area (Å²) in [7, 11) is 0. The molecule has 0 atom stereocenters. The van der Waals surface area contributed by atoms with Gasteiger partial charge in [-0.2, -0.15) is 0 Å². The standard InChI is InChI=1S/C19H17N3O7/c1-11-3-5-14(12(2)7-11)20-17(23)10-28-18(24)9-21-15-6-4-13(22(26)27)8-16(15)29-19(21)25/h3-8H,9-10H2,1-2H3,(H,20,23). The number of anilines is 1. The Morgan fingerprint density at radius 1 is 1.21 bits per heavy atom. The second-order valence-corrected chi connectivity index (χ2v) is 6.39. The van der Waals surface area contributed by atoms with Gasteiger partial charge >= 0.3 is 11.7 Å². The van der Waals surface area contributed by atoms with Gasteiger partial charge in [0, 0.05) is 11.8 Å². The first-order valence-electron chi connectivity index (χ1n) is 8.55. The molecule has 1 N–H and O–H groups in total. The van der Waals surface area contributed by atoms with Crippen molar-refractivity contribution in [2.75, 3.05) is 11.9 Å². The Morgan fingerprint density at radius 2 is 1.97 bits per heavy atom. The number of esters is 1. The second kappa shape index (κ2) is 7.97. The minimum Gasteiger partial charge on any atom is -0.454 e. The van der Waals surface area contributed by atoms with Gasteiger partial charge in [-0.25, -0.2) is 4.79 Å². The lowest BCUT2D eigenvalue weighted by Gasteiger charge is -2.09. The van der Waals surface area contributed by atoms with Gasteiger partial charge in [0.1, 0.15) is 6.54 Å². The maximum Gasteiger partial charge on any atom is 0.420 e. The molecule has 2 aromatic carbocycles. The fourth-order valence-corrected chi connectivity index (χ4v) is 2.78. The number of rotatable bonds is 6. The van der Waals surface area contributed by atoms with Gasteiger partial charge in [0.15, 0.2) is 12.2 Å². The number of nitro groups is 1. The molecule has 3 rings (SSSR count). The van der Waals surface area contributed by atoms with Crippen molar-refractivity contribution in [3.8, 4) is 0 Å². The molecule has 10 nitrogen and oxygen atoms in total. The normalized spacial score (nSPS) is 10.7. The smallest absolute Gasteiger partial charge is 0.420 e. The third kappa shape index (κ3) is 4.49. The number of fused-ring (bicyclic) bond motifs is 1. The van der Waals surface area contributed by atoms with Crippen molar-refractivity contribution in [1.82, 2.24) is 4.57 Å². The van der Waals surface area contributed by atoms with Gasteiger partial charge < -0.3 is 14.5 Å². The number of amides is 1. The van der Waals surface area contributed by atoms with Crippen LogP contribution in [-0.2, 0) is 20.9 Å². The molecule has 1 heterocycles. The quantitative estimate of drug-likeness (QED) is 0.382. The van der Waals surface area contributed by atoms with E-state index in [9.17, 15) is 24.5 Å². The van der Waals surface area contributed by atoms with Crippen molar-refractivity contribution in [2.45, 2.75) is 20.4 Å². The largest absolute Gasteiger partial charge is 0.454 e. The summed E-state index contributed by atoms with van der Waals surface area (Å²) in [6.07, 6.45) is 0. The van der Waals surface area contributed by atoms with Gasteiger partial charge in [0.2, 0.25) is 0 Å². The number of benzene rings is 2. The van der Waals surface area contributed by atoms with Crippen LogP contribution in [0, 0.1) is 24.0 Å². The molecule has 3 aromatic rings. The lowest BCUT2D eigenvalue weighted by Crippen LogP contribution is -2.26. The van der Waals surface area contributed by atoms with E-state index in [0.717, 1.165) is 21.8 Å². The summed E-state index contributed by atoms with van der Waals surface area (Å²) in [6, 6.07) is 9.09. The van der Waals surface area contributed by atoms with E-state index in [0.29, 0.717) is 5.69 Å². The molecule has 0 aliphatic rings. The summed E-state index contributed by atoms with van der Waals surface area (Å²) >= 11 is 0. The van der Waals surface area contributed by atoms with Crippen LogP contribution in [0.1, 0.15) is 11.1 Å². The summed E-state index contributed by atoms with van der Waals surface area (Å²) in [5.74, 6) is -2.22. The van der Waals surface area contributed by atoms with E-state index in [4.69, 9.17) is 9.15 Å².